The molecule has 0 aliphatic heterocycles. The van der Waals surface area contributed by atoms with Crippen molar-refractivity contribution in [3.05, 3.63) is 64.4 Å². The van der Waals surface area contributed by atoms with Gasteiger partial charge in [0, 0.05) is 7.05 Å². The normalized spacial score (nSPS) is 11.9. The summed E-state index contributed by atoms with van der Waals surface area (Å²) in [6.45, 7) is 6.00. The Morgan fingerprint density at radius 3 is 2.59 bits per heavy atom. The van der Waals surface area contributed by atoms with Crippen LogP contribution in [0.1, 0.15) is 30.0 Å². The average Bonchev–Trinajstić information content (AvgIpc) is 3.02. The van der Waals surface area contributed by atoms with E-state index in [1.807, 2.05) is 56.7 Å². The molecular formula is C21H23ClN4O2S. The number of thioether (sulfide) groups is 1. The zero-order valence-corrected chi connectivity index (χ0v) is 18.3. The third-order valence-electron chi connectivity index (χ3n) is 4.22. The van der Waals surface area contributed by atoms with Gasteiger partial charge in [0.2, 0.25) is 5.91 Å². The second kappa shape index (κ2) is 9.33. The van der Waals surface area contributed by atoms with Gasteiger partial charge in [0.25, 0.3) is 0 Å². The molecule has 3 aromatic rings. The van der Waals surface area contributed by atoms with Crippen LogP contribution >= 0.6 is 23.4 Å². The highest BCUT2D eigenvalue weighted by Crippen LogP contribution is 2.26. The van der Waals surface area contributed by atoms with E-state index < -0.39 is 0 Å². The van der Waals surface area contributed by atoms with Crippen LogP contribution in [-0.4, -0.2) is 26.4 Å². The summed E-state index contributed by atoms with van der Waals surface area (Å²) in [4.78, 5) is 12.2. The van der Waals surface area contributed by atoms with Crippen LogP contribution in [0.25, 0.3) is 0 Å². The molecule has 0 saturated heterocycles. The number of benzene rings is 2. The van der Waals surface area contributed by atoms with Gasteiger partial charge in [-0.1, -0.05) is 41.6 Å². The minimum Gasteiger partial charge on any atom is -0.483 e. The van der Waals surface area contributed by atoms with E-state index in [-0.39, 0.29) is 17.8 Å². The molecule has 6 nitrogen and oxygen atoms in total. The summed E-state index contributed by atoms with van der Waals surface area (Å²) in [5.74, 6) is 1.53. The lowest BCUT2D eigenvalue weighted by molar-refractivity contribution is -0.113. The van der Waals surface area contributed by atoms with Crippen LogP contribution in [0.15, 0.2) is 47.6 Å². The molecule has 0 fully saturated rings. The number of nitrogens with one attached hydrogen (secondary N) is 1. The number of hydrogen-bond donors (Lipinski definition) is 1. The zero-order valence-electron chi connectivity index (χ0n) is 16.8. The van der Waals surface area contributed by atoms with Crippen molar-refractivity contribution in [1.82, 2.24) is 14.8 Å². The van der Waals surface area contributed by atoms with E-state index in [1.165, 1.54) is 11.8 Å². The third-order valence-corrected chi connectivity index (χ3v) is 5.57. The van der Waals surface area contributed by atoms with Crippen molar-refractivity contribution < 1.29 is 9.53 Å². The highest BCUT2D eigenvalue weighted by atomic mass is 35.5. The number of halogens is 1. The lowest BCUT2D eigenvalue weighted by Gasteiger charge is -2.15. The van der Waals surface area contributed by atoms with E-state index in [2.05, 4.69) is 21.6 Å². The Balaban J connectivity index is 1.61. The molecule has 3 rings (SSSR count). The summed E-state index contributed by atoms with van der Waals surface area (Å²) in [5.41, 5.74) is 2.88. The molecule has 0 spiro atoms. The van der Waals surface area contributed by atoms with E-state index in [0.29, 0.717) is 21.7 Å². The molecule has 29 heavy (non-hydrogen) atoms. The van der Waals surface area contributed by atoms with E-state index in [0.717, 1.165) is 16.9 Å². The number of carbonyl (C=O) groups excluding carboxylic acids is 1. The zero-order chi connectivity index (χ0) is 21.0. The molecule has 0 bridgehead atoms. The molecule has 1 aromatic heterocycles. The Morgan fingerprint density at radius 1 is 1.21 bits per heavy atom. The van der Waals surface area contributed by atoms with Crippen molar-refractivity contribution in [2.24, 2.45) is 7.05 Å². The fourth-order valence-electron chi connectivity index (χ4n) is 2.94. The number of anilines is 1. The maximum absolute atomic E-state index is 12.2. The van der Waals surface area contributed by atoms with Crippen LogP contribution in [-0.2, 0) is 11.8 Å². The van der Waals surface area contributed by atoms with Gasteiger partial charge in [-0.15, -0.1) is 10.2 Å². The molecular weight excluding hydrogens is 408 g/mol. The van der Waals surface area contributed by atoms with Crippen molar-refractivity contribution in [1.29, 1.82) is 0 Å². The lowest BCUT2D eigenvalue weighted by atomic mass is 10.1. The number of ether oxygens (including phenoxy) is 1. The van der Waals surface area contributed by atoms with Gasteiger partial charge >= 0.3 is 0 Å². The Bertz CT molecular complexity index is 1000. The van der Waals surface area contributed by atoms with Gasteiger partial charge in [0.15, 0.2) is 17.1 Å². The average molecular weight is 431 g/mol. The summed E-state index contributed by atoms with van der Waals surface area (Å²) in [6, 6.07) is 13.2. The second-order valence-electron chi connectivity index (χ2n) is 6.80. The van der Waals surface area contributed by atoms with Gasteiger partial charge in [0.05, 0.1) is 16.5 Å². The van der Waals surface area contributed by atoms with E-state index >= 15 is 0 Å². The van der Waals surface area contributed by atoms with Crippen LogP contribution in [0.2, 0.25) is 5.02 Å². The maximum Gasteiger partial charge on any atom is 0.234 e. The van der Waals surface area contributed by atoms with Crippen molar-refractivity contribution in [2.45, 2.75) is 32.0 Å². The lowest BCUT2D eigenvalue weighted by Crippen LogP contribution is -2.15. The molecule has 0 aliphatic carbocycles. The predicted molar refractivity (Wildman–Crippen MR) is 117 cm³/mol. The third kappa shape index (κ3) is 5.52. The minimum absolute atomic E-state index is 0.160. The Kier molecular flexibility index (Phi) is 6.82. The number of aryl methyl sites for hydroxylation is 2. The van der Waals surface area contributed by atoms with Crippen LogP contribution in [0, 0.1) is 13.8 Å². The number of para-hydroxylation sites is 1. The summed E-state index contributed by atoms with van der Waals surface area (Å²) < 4.78 is 7.90. The molecule has 1 N–H and O–H groups in total. The monoisotopic (exact) mass is 430 g/mol. The molecule has 2 aromatic carbocycles. The largest absolute Gasteiger partial charge is 0.483 e. The predicted octanol–water partition coefficient (Wildman–Crippen LogP) is 4.96. The number of aromatic nitrogens is 3. The van der Waals surface area contributed by atoms with Gasteiger partial charge < -0.3 is 14.6 Å². The molecule has 8 heteroatoms. The molecule has 0 radical (unpaired) electrons. The molecule has 1 unspecified atom stereocenters. The van der Waals surface area contributed by atoms with Crippen molar-refractivity contribution >= 4 is 35.0 Å². The fourth-order valence-corrected chi connectivity index (χ4v) is 3.84. The van der Waals surface area contributed by atoms with Crippen molar-refractivity contribution in [3.63, 3.8) is 0 Å². The van der Waals surface area contributed by atoms with Crippen LogP contribution in [0.4, 0.5) is 5.69 Å². The van der Waals surface area contributed by atoms with Crippen LogP contribution in [0.3, 0.4) is 0 Å². The first kappa shape index (κ1) is 21.2. The topological polar surface area (TPSA) is 69.0 Å². The molecule has 1 atom stereocenters. The molecule has 152 valence electrons. The first-order valence-electron chi connectivity index (χ1n) is 9.15. The van der Waals surface area contributed by atoms with E-state index in [1.54, 1.807) is 12.1 Å². The van der Waals surface area contributed by atoms with Crippen molar-refractivity contribution in [3.8, 4) is 5.75 Å². The van der Waals surface area contributed by atoms with Gasteiger partial charge in [-0.05, 0) is 56.2 Å². The number of nitrogens with zero attached hydrogens (tertiary/aromatic N) is 3. The highest BCUT2D eigenvalue weighted by Gasteiger charge is 2.18. The summed E-state index contributed by atoms with van der Waals surface area (Å²) in [7, 11) is 1.87. The molecule has 0 aliphatic rings. The molecule has 0 saturated carbocycles. The van der Waals surface area contributed by atoms with Gasteiger partial charge in [0.1, 0.15) is 5.75 Å². The summed E-state index contributed by atoms with van der Waals surface area (Å²) in [6.07, 6.45) is -0.278. The number of amides is 1. The Morgan fingerprint density at radius 2 is 1.90 bits per heavy atom. The number of carbonyl (C=O) groups is 1. The SMILES string of the molecule is Cc1cc(C)cc(OC(C)c2nnc(SCC(=O)Nc3ccccc3Cl)n2C)c1. The summed E-state index contributed by atoms with van der Waals surface area (Å²) >= 11 is 7.38. The van der Waals surface area contributed by atoms with Gasteiger partial charge in [-0.25, -0.2) is 0 Å². The summed E-state index contributed by atoms with van der Waals surface area (Å²) in [5, 5.41) is 12.4. The first-order valence-corrected chi connectivity index (χ1v) is 10.5. The highest BCUT2D eigenvalue weighted by molar-refractivity contribution is 7.99. The van der Waals surface area contributed by atoms with E-state index in [4.69, 9.17) is 16.3 Å². The molecule has 1 heterocycles. The number of hydrogen-bond acceptors (Lipinski definition) is 5. The Labute approximate surface area is 179 Å². The molecule has 1 amide bonds. The van der Waals surface area contributed by atoms with Gasteiger partial charge in [-0.2, -0.15) is 0 Å². The Hall–Kier alpha value is -2.51. The first-order chi connectivity index (χ1) is 13.8. The van der Waals surface area contributed by atoms with Crippen LogP contribution in [0.5, 0.6) is 5.75 Å². The van der Waals surface area contributed by atoms with E-state index in [9.17, 15) is 4.79 Å². The standard InChI is InChI=1S/C21H23ClN4O2S/c1-13-9-14(2)11-16(10-13)28-15(3)20-24-25-21(26(20)4)29-12-19(27)23-18-8-6-5-7-17(18)22/h5-11,15H,12H2,1-4H3,(H,23,27). The second-order valence-corrected chi connectivity index (χ2v) is 8.15. The van der Waals surface area contributed by atoms with Crippen molar-refractivity contribution in [2.75, 3.05) is 11.1 Å². The maximum atomic E-state index is 12.2. The minimum atomic E-state index is -0.278. The van der Waals surface area contributed by atoms with Crippen LogP contribution < -0.4 is 10.1 Å². The number of rotatable bonds is 7. The fraction of sp³-hybridized carbons (Fsp3) is 0.286. The quantitative estimate of drug-likeness (QED) is 0.536. The van der Waals surface area contributed by atoms with Gasteiger partial charge in [-0.3, -0.25) is 4.79 Å². The smallest absolute Gasteiger partial charge is 0.234 e.